The highest BCUT2D eigenvalue weighted by Gasteiger charge is 2.03. The van der Waals surface area contributed by atoms with Crippen LogP contribution in [-0.4, -0.2) is 6.61 Å². The highest BCUT2D eigenvalue weighted by molar-refractivity contribution is 7.12. The summed E-state index contributed by atoms with van der Waals surface area (Å²) in [6.07, 6.45) is 4.00. The molecule has 3 heteroatoms. The fourth-order valence-corrected chi connectivity index (χ4v) is 2.09. The molecule has 0 aliphatic carbocycles. The van der Waals surface area contributed by atoms with Gasteiger partial charge in [-0.1, -0.05) is 12.2 Å². The zero-order valence-electron chi connectivity index (χ0n) is 8.75. The summed E-state index contributed by atoms with van der Waals surface area (Å²) >= 11 is 1.76. The first-order valence-electron chi connectivity index (χ1n) is 4.75. The van der Waals surface area contributed by atoms with Crippen molar-refractivity contribution in [1.82, 2.24) is 0 Å². The smallest absolute Gasteiger partial charge is 0.0731 e. The van der Waals surface area contributed by atoms with Gasteiger partial charge in [0, 0.05) is 16.3 Å². The van der Waals surface area contributed by atoms with Crippen LogP contribution in [0.15, 0.2) is 18.2 Å². The predicted octanol–water partition coefficient (Wildman–Crippen LogP) is 2.61. The minimum atomic E-state index is 0.625. The fourth-order valence-electron chi connectivity index (χ4n) is 1.16. The van der Waals surface area contributed by atoms with Gasteiger partial charge in [-0.25, -0.2) is 0 Å². The second-order valence-electron chi connectivity index (χ2n) is 3.08. The van der Waals surface area contributed by atoms with Crippen molar-refractivity contribution in [2.24, 2.45) is 5.73 Å². The maximum absolute atomic E-state index is 5.57. The van der Waals surface area contributed by atoms with Gasteiger partial charge in [0.05, 0.1) is 13.2 Å². The van der Waals surface area contributed by atoms with E-state index in [1.165, 1.54) is 15.3 Å². The third kappa shape index (κ3) is 3.25. The van der Waals surface area contributed by atoms with E-state index in [4.69, 9.17) is 10.5 Å². The average Bonchev–Trinajstić information content (AvgIpc) is 2.54. The number of nitrogens with two attached hydrogens (primary N) is 1. The number of rotatable bonds is 5. The third-order valence-corrected chi connectivity index (χ3v) is 3.10. The largest absolute Gasteiger partial charge is 0.373 e. The van der Waals surface area contributed by atoms with Gasteiger partial charge >= 0.3 is 0 Å². The molecule has 0 radical (unpaired) electrons. The number of allylic oxidation sites excluding steroid dienone is 1. The number of thiophene rings is 1. The average molecular weight is 211 g/mol. The van der Waals surface area contributed by atoms with E-state index in [-0.39, 0.29) is 0 Å². The molecule has 0 fully saturated rings. The molecule has 1 aromatic heterocycles. The highest BCUT2D eigenvalue weighted by atomic mass is 32.1. The van der Waals surface area contributed by atoms with Crippen molar-refractivity contribution >= 4 is 11.3 Å². The van der Waals surface area contributed by atoms with Crippen molar-refractivity contribution in [3.8, 4) is 0 Å². The molecule has 0 amide bonds. The number of hydrogen-bond acceptors (Lipinski definition) is 3. The minimum absolute atomic E-state index is 0.625. The Bertz CT molecular complexity index is 304. The van der Waals surface area contributed by atoms with Crippen LogP contribution in [0.1, 0.15) is 22.2 Å². The first-order valence-corrected chi connectivity index (χ1v) is 5.56. The summed E-state index contributed by atoms with van der Waals surface area (Å²) in [4.78, 5) is 2.54. The Morgan fingerprint density at radius 2 is 2.36 bits per heavy atom. The van der Waals surface area contributed by atoms with Crippen LogP contribution in [0.4, 0.5) is 0 Å². The van der Waals surface area contributed by atoms with Crippen molar-refractivity contribution in [2.75, 3.05) is 6.61 Å². The number of aryl methyl sites for hydroxylation is 1. The Kier molecular flexibility index (Phi) is 4.87. The lowest BCUT2D eigenvalue weighted by Crippen LogP contribution is -1.94. The maximum atomic E-state index is 5.57. The third-order valence-electron chi connectivity index (χ3n) is 1.98. The summed E-state index contributed by atoms with van der Waals surface area (Å²) in [5, 5.41) is 0. The molecule has 0 aliphatic rings. The Morgan fingerprint density at radius 3 is 2.93 bits per heavy atom. The van der Waals surface area contributed by atoms with Crippen LogP contribution in [0.25, 0.3) is 0 Å². The second-order valence-corrected chi connectivity index (χ2v) is 4.42. The van der Waals surface area contributed by atoms with Crippen molar-refractivity contribution < 1.29 is 4.74 Å². The molecule has 2 nitrogen and oxygen atoms in total. The van der Waals surface area contributed by atoms with Gasteiger partial charge in [0.1, 0.15) is 0 Å². The van der Waals surface area contributed by atoms with Gasteiger partial charge in [0.2, 0.25) is 0 Å². The molecular formula is C11H17NOS. The Balaban J connectivity index is 2.45. The number of ether oxygens (including phenoxy) is 1. The molecule has 1 aromatic rings. The maximum Gasteiger partial charge on any atom is 0.0731 e. The Morgan fingerprint density at radius 1 is 1.57 bits per heavy atom. The summed E-state index contributed by atoms with van der Waals surface area (Å²) < 4.78 is 5.48. The molecule has 0 saturated carbocycles. The summed E-state index contributed by atoms with van der Waals surface area (Å²) in [5.74, 6) is 0. The quantitative estimate of drug-likeness (QED) is 0.600. The van der Waals surface area contributed by atoms with Gasteiger partial charge in [-0.15, -0.1) is 11.3 Å². The monoisotopic (exact) mass is 211 g/mol. The predicted molar refractivity (Wildman–Crippen MR) is 61.4 cm³/mol. The molecule has 0 aromatic carbocycles. The lowest BCUT2D eigenvalue weighted by atomic mass is 10.2. The molecular weight excluding hydrogens is 194 g/mol. The van der Waals surface area contributed by atoms with Crippen molar-refractivity contribution in [2.45, 2.75) is 27.0 Å². The van der Waals surface area contributed by atoms with E-state index in [1.54, 1.807) is 11.3 Å². The van der Waals surface area contributed by atoms with Crippen LogP contribution in [0.2, 0.25) is 0 Å². The van der Waals surface area contributed by atoms with E-state index in [0.717, 1.165) is 0 Å². The van der Waals surface area contributed by atoms with Gasteiger partial charge in [-0.3, -0.25) is 0 Å². The molecule has 0 saturated heterocycles. The molecule has 0 atom stereocenters. The molecule has 0 aliphatic heterocycles. The molecule has 0 unspecified atom stereocenters. The van der Waals surface area contributed by atoms with E-state index < -0.39 is 0 Å². The highest BCUT2D eigenvalue weighted by Crippen LogP contribution is 2.21. The van der Waals surface area contributed by atoms with Crippen LogP contribution >= 0.6 is 11.3 Å². The van der Waals surface area contributed by atoms with Gasteiger partial charge in [0.15, 0.2) is 0 Å². The second kappa shape index (κ2) is 5.96. The first-order chi connectivity index (χ1) is 6.77. The van der Waals surface area contributed by atoms with E-state index in [1.807, 2.05) is 19.1 Å². The summed E-state index contributed by atoms with van der Waals surface area (Å²) in [6, 6.07) is 2.13. The zero-order valence-corrected chi connectivity index (χ0v) is 9.56. The zero-order chi connectivity index (χ0) is 10.4. The van der Waals surface area contributed by atoms with E-state index in [2.05, 4.69) is 13.0 Å². The van der Waals surface area contributed by atoms with E-state index in [0.29, 0.717) is 19.8 Å². The van der Waals surface area contributed by atoms with Crippen LogP contribution in [0.3, 0.4) is 0 Å². The molecule has 78 valence electrons. The van der Waals surface area contributed by atoms with Crippen molar-refractivity contribution in [3.05, 3.63) is 33.5 Å². The van der Waals surface area contributed by atoms with Crippen LogP contribution in [-0.2, 0) is 17.9 Å². The van der Waals surface area contributed by atoms with Crippen LogP contribution in [0.5, 0.6) is 0 Å². The fraction of sp³-hybridized carbons (Fsp3) is 0.455. The van der Waals surface area contributed by atoms with E-state index >= 15 is 0 Å². The minimum Gasteiger partial charge on any atom is -0.373 e. The van der Waals surface area contributed by atoms with Crippen LogP contribution in [0, 0.1) is 6.92 Å². The summed E-state index contributed by atoms with van der Waals surface area (Å²) in [5.41, 5.74) is 6.83. The summed E-state index contributed by atoms with van der Waals surface area (Å²) in [6.45, 7) is 6.10. The van der Waals surface area contributed by atoms with E-state index in [9.17, 15) is 0 Å². The van der Waals surface area contributed by atoms with Gasteiger partial charge in [-0.05, 0) is 25.5 Å². The molecule has 1 heterocycles. The SMILES string of the molecule is C/C=C/COCc1cc(CN)sc1C. The molecule has 0 bridgehead atoms. The van der Waals surface area contributed by atoms with Crippen molar-refractivity contribution in [3.63, 3.8) is 0 Å². The lowest BCUT2D eigenvalue weighted by molar-refractivity contribution is 0.148. The molecule has 1 rings (SSSR count). The van der Waals surface area contributed by atoms with Gasteiger partial charge in [-0.2, -0.15) is 0 Å². The Hall–Kier alpha value is -0.640. The number of hydrogen-bond donors (Lipinski definition) is 1. The first kappa shape index (κ1) is 11.4. The van der Waals surface area contributed by atoms with Crippen LogP contribution < -0.4 is 5.73 Å². The topological polar surface area (TPSA) is 35.2 Å². The summed E-state index contributed by atoms with van der Waals surface area (Å²) in [7, 11) is 0. The lowest BCUT2D eigenvalue weighted by Gasteiger charge is -1.99. The molecule has 0 spiro atoms. The van der Waals surface area contributed by atoms with Crippen molar-refractivity contribution in [1.29, 1.82) is 0 Å². The standard InChI is InChI=1S/C11H17NOS/c1-3-4-5-13-8-10-6-11(7-12)14-9(10)2/h3-4,6H,5,7-8,12H2,1-2H3/b4-3+. The normalized spacial score (nSPS) is 11.4. The van der Waals surface area contributed by atoms with Gasteiger partial charge in [0.25, 0.3) is 0 Å². The molecule has 2 N–H and O–H groups in total. The van der Waals surface area contributed by atoms with Gasteiger partial charge < -0.3 is 10.5 Å². The Labute approximate surface area is 89.4 Å². The molecule has 14 heavy (non-hydrogen) atoms.